The van der Waals surface area contributed by atoms with Crippen molar-refractivity contribution in [1.29, 1.82) is 0 Å². The summed E-state index contributed by atoms with van der Waals surface area (Å²) in [6.45, 7) is 3.23. The minimum atomic E-state index is 0.981. The molecule has 0 atom stereocenters. The molecule has 0 saturated heterocycles. The van der Waals surface area contributed by atoms with Crippen LogP contribution in [0.5, 0.6) is 0 Å². The van der Waals surface area contributed by atoms with E-state index in [4.69, 9.17) is 0 Å². The molecule has 1 aliphatic rings. The fourth-order valence-electron chi connectivity index (χ4n) is 4.99. The topological polar surface area (TPSA) is 4.93 Å². The molecule has 0 aliphatic heterocycles. The van der Waals surface area contributed by atoms with Crippen LogP contribution in [0.4, 0.5) is 0 Å². The number of aromatic nitrogens is 1. The molecular formula is C25H19N. The number of hydrogen-bond acceptors (Lipinski definition) is 0. The molecule has 1 aliphatic carbocycles. The van der Waals surface area contributed by atoms with E-state index in [9.17, 15) is 0 Å². The Morgan fingerprint density at radius 3 is 2.31 bits per heavy atom. The molecule has 5 aromatic rings. The molecule has 1 aromatic heterocycles. The standard InChI is InChI=1S/C25H19N/c1-2-26-22-14-8-7-13-20(22)24-23-17-10-4-3-9-16(17)15-21(23)18-11-5-6-12-19(18)25(24)26/h3-14H,2,15H2,1H3. The van der Waals surface area contributed by atoms with Crippen molar-refractivity contribution in [1.82, 2.24) is 4.57 Å². The lowest BCUT2D eigenvalue weighted by atomic mass is 9.93. The van der Waals surface area contributed by atoms with Gasteiger partial charge in [0.2, 0.25) is 0 Å². The highest BCUT2D eigenvalue weighted by Gasteiger charge is 2.26. The Kier molecular flexibility index (Phi) is 2.71. The summed E-state index contributed by atoms with van der Waals surface area (Å²) in [4.78, 5) is 0. The molecule has 0 spiro atoms. The van der Waals surface area contributed by atoms with Gasteiger partial charge in [0.25, 0.3) is 0 Å². The van der Waals surface area contributed by atoms with Crippen molar-refractivity contribution in [2.24, 2.45) is 0 Å². The van der Waals surface area contributed by atoms with Gasteiger partial charge in [-0.1, -0.05) is 66.7 Å². The fourth-order valence-corrected chi connectivity index (χ4v) is 4.99. The van der Waals surface area contributed by atoms with E-state index < -0.39 is 0 Å². The van der Waals surface area contributed by atoms with Crippen molar-refractivity contribution in [2.75, 3.05) is 0 Å². The maximum Gasteiger partial charge on any atom is 0.0577 e. The second kappa shape index (κ2) is 4.98. The van der Waals surface area contributed by atoms with E-state index in [1.165, 1.54) is 54.8 Å². The Morgan fingerprint density at radius 2 is 1.46 bits per heavy atom. The zero-order chi connectivity index (χ0) is 17.3. The van der Waals surface area contributed by atoms with E-state index in [-0.39, 0.29) is 0 Å². The lowest BCUT2D eigenvalue weighted by molar-refractivity contribution is 0.829. The Labute approximate surface area is 152 Å². The van der Waals surface area contributed by atoms with Crippen molar-refractivity contribution < 1.29 is 0 Å². The number of aryl methyl sites for hydroxylation is 1. The number of fused-ring (bicyclic) bond motifs is 10. The monoisotopic (exact) mass is 333 g/mol. The number of rotatable bonds is 1. The Balaban J connectivity index is 1.98. The van der Waals surface area contributed by atoms with Crippen LogP contribution in [-0.4, -0.2) is 4.57 Å². The molecule has 1 heteroatoms. The predicted molar refractivity (Wildman–Crippen MR) is 111 cm³/mol. The molecule has 0 N–H and O–H groups in total. The number of hydrogen-bond donors (Lipinski definition) is 0. The minimum absolute atomic E-state index is 0.981. The third-order valence-corrected chi connectivity index (χ3v) is 6.00. The molecule has 4 aromatic carbocycles. The van der Waals surface area contributed by atoms with Crippen LogP contribution < -0.4 is 0 Å². The van der Waals surface area contributed by atoms with Crippen LogP contribution in [-0.2, 0) is 13.0 Å². The van der Waals surface area contributed by atoms with Gasteiger partial charge in [0, 0.05) is 28.2 Å². The van der Waals surface area contributed by atoms with E-state index in [0.29, 0.717) is 0 Å². The molecule has 6 rings (SSSR count). The van der Waals surface area contributed by atoms with Crippen LogP contribution >= 0.6 is 0 Å². The summed E-state index contributed by atoms with van der Waals surface area (Å²) in [5, 5.41) is 5.60. The Morgan fingerprint density at radius 1 is 0.769 bits per heavy atom. The number of para-hydroxylation sites is 1. The van der Waals surface area contributed by atoms with Gasteiger partial charge in [-0.3, -0.25) is 0 Å². The van der Waals surface area contributed by atoms with Gasteiger partial charge in [0.15, 0.2) is 0 Å². The SMILES string of the molecule is CCn1c2ccccc2c2c3c(c4ccccc4c21)Cc1ccccc1-3. The Hall–Kier alpha value is -3.06. The third kappa shape index (κ3) is 1.61. The van der Waals surface area contributed by atoms with Gasteiger partial charge in [-0.15, -0.1) is 0 Å². The molecule has 0 radical (unpaired) electrons. The second-order valence-corrected chi connectivity index (χ2v) is 7.22. The third-order valence-electron chi connectivity index (χ3n) is 6.00. The summed E-state index contributed by atoms with van der Waals surface area (Å²) in [5.41, 5.74) is 8.55. The molecule has 0 unspecified atom stereocenters. The van der Waals surface area contributed by atoms with Gasteiger partial charge in [0.05, 0.1) is 5.52 Å². The van der Waals surface area contributed by atoms with Crippen molar-refractivity contribution in [2.45, 2.75) is 19.9 Å². The summed E-state index contributed by atoms with van der Waals surface area (Å²) in [7, 11) is 0. The van der Waals surface area contributed by atoms with Crippen molar-refractivity contribution in [3.05, 3.63) is 83.9 Å². The Bertz CT molecular complexity index is 1340. The normalized spacial score (nSPS) is 12.8. The second-order valence-electron chi connectivity index (χ2n) is 7.22. The smallest absolute Gasteiger partial charge is 0.0577 e. The van der Waals surface area contributed by atoms with Gasteiger partial charge in [0.1, 0.15) is 0 Å². The van der Waals surface area contributed by atoms with Crippen LogP contribution in [0.25, 0.3) is 43.7 Å². The maximum absolute atomic E-state index is 2.49. The van der Waals surface area contributed by atoms with Crippen molar-refractivity contribution >= 4 is 32.6 Å². The summed E-state index contributed by atoms with van der Waals surface area (Å²) in [6.07, 6.45) is 1.04. The largest absolute Gasteiger partial charge is 0.340 e. The highest BCUT2D eigenvalue weighted by molar-refractivity contribution is 6.25. The zero-order valence-electron chi connectivity index (χ0n) is 14.8. The summed E-state index contributed by atoms with van der Waals surface area (Å²) < 4.78 is 2.49. The van der Waals surface area contributed by atoms with E-state index in [0.717, 1.165) is 13.0 Å². The number of benzene rings is 4. The first-order valence-electron chi connectivity index (χ1n) is 9.41. The maximum atomic E-state index is 2.49. The first kappa shape index (κ1) is 14.1. The van der Waals surface area contributed by atoms with Crippen LogP contribution in [0.1, 0.15) is 18.1 Å². The highest BCUT2D eigenvalue weighted by Crippen LogP contribution is 2.48. The van der Waals surface area contributed by atoms with Crippen molar-refractivity contribution in [3.63, 3.8) is 0 Å². The van der Waals surface area contributed by atoms with Gasteiger partial charge < -0.3 is 4.57 Å². The lowest BCUT2D eigenvalue weighted by Crippen LogP contribution is -1.95. The van der Waals surface area contributed by atoms with Crippen LogP contribution in [0.2, 0.25) is 0 Å². The molecule has 0 saturated carbocycles. The predicted octanol–water partition coefficient (Wildman–Crippen LogP) is 6.54. The first-order chi connectivity index (χ1) is 12.9. The summed E-state index contributed by atoms with van der Waals surface area (Å²) in [5.74, 6) is 0. The zero-order valence-corrected chi connectivity index (χ0v) is 14.8. The van der Waals surface area contributed by atoms with Gasteiger partial charge >= 0.3 is 0 Å². The van der Waals surface area contributed by atoms with Crippen molar-refractivity contribution in [3.8, 4) is 11.1 Å². The van der Waals surface area contributed by atoms with E-state index in [2.05, 4.69) is 84.3 Å². The molecule has 0 bridgehead atoms. The first-order valence-corrected chi connectivity index (χ1v) is 9.41. The molecular weight excluding hydrogens is 314 g/mol. The average Bonchev–Trinajstić information content (AvgIpc) is 3.24. The van der Waals surface area contributed by atoms with E-state index in [1.807, 2.05) is 0 Å². The highest BCUT2D eigenvalue weighted by atomic mass is 15.0. The number of nitrogens with zero attached hydrogens (tertiary/aromatic N) is 1. The van der Waals surface area contributed by atoms with Gasteiger partial charge in [-0.2, -0.15) is 0 Å². The molecule has 26 heavy (non-hydrogen) atoms. The molecule has 0 fully saturated rings. The van der Waals surface area contributed by atoms with Crippen LogP contribution in [0.15, 0.2) is 72.8 Å². The fraction of sp³-hybridized carbons (Fsp3) is 0.120. The van der Waals surface area contributed by atoms with Gasteiger partial charge in [-0.05, 0) is 47.1 Å². The summed E-state index contributed by atoms with van der Waals surface area (Å²) >= 11 is 0. The van der Waals surface area contributed by atoms with Crippen LogP contribution in [0, 0.1) is 0 Å². The van der Waals surface area contributed by atoms with Crippen LogP contribution in [0.3, 0.4) is 0 Å². The molecule has 124 valence electrons. The molecule has 1 nitrogen and oxygen atoms in total. The average molecular weight is 333 g/mol. The van der Waals surface area contributed by atoms with E-state index >= 15 is 0 Å². The molecule has 1 heterocycles. The van der Waals surface area contributed by atoms with Gasteiger partial charge in [-0.25, -0.2) is 0 Å². The lowest BCUT2D eigenvalue weighted by Gasteiger charge is -2.12. The molecule has 0 amide bonds. The minimum Gasteiger partial charge on any atom is -0.340 e. The summed E-state index contributed by atoms with van der Waals surface area (Å²) in [6, 6.07) is 26.8. The van der Waals surface area contributed by atoms with E-state index in [1.54, 1.807) is 0 Å². The quantitative estimate of drug-likeness (QED) is 0.322.